The van der Waals surface area contributed by atoms with Gasteiger partial charge in [-0.05, 0) is 37.9 Å². The third-order valence-corrected chi connectivity index (χ3v) is 10.7. The number of hydrogen-bond donors (Lipinski definition) is 0. The lowest BCUT2D eigenvalue weighted by atomic mass is 9.99. The number of carbonyl (C=O) groups excluding carboxylic acids is 2. The van der Waals surface area contributed by atoms with Crippen molar-refractivity contribution in [2.24, 2.45) is 0 Å². The van der Waals surface area contributed by atoms with Crippen LogP contribution in [0.2, 0.25) is 56.4 Å². The minimum absolute atomic E-state index is 0.0208. The monoisotopic (exact) mass is 626 g/mol. The maximum absolute atomic E-state index is 13.6. The van der Waals surface area contributed by atoms with E-state index in [0.29, 0.717) is 25.2 Å². The molecule has 0 N–H and O–H groups in total. The number of rotatable bonds is 12. The maximum Gasteiger partial charge on any atom is 0.342 e. The Morgan fingerprint density at radius 3 is 2.15 bits per heavy atom. The highest BCUT2D eigenvalue weighted by atomic mass is 35.5. The van der Waals surface area contributed by atoms with Crippen LogP contribution in [0.3, 0.4) is 0 Å². The summed E-state index contributed by atoms with van der Waals surface area (Å²) in [5, 5.41) is 0.157. The molecule has 230 valence electrons. The fourth-order valence-corrected chi connectivity index (χ4v) is 6.10. The van der Waals surface area contributed by atoms with Crippen molar-refractivity contribution in [3.05, 3.63) is 34.4 Å². The zero-order valence-corrected chi connectivity index (χ0v) is 28.4. The van der Waals surface area contributed by atoms with Crippen LogP contribution in [0, 0.1) is 0 Å². The lowest BCUT2D eigenvalue weighted by Gasteiger charge is -2.21. The summed E-state index contributed by atoms with van der Waals surface area (Å²) in [7, 11) is -2.54. The van der Waals surface area contributed by atoms with Gasteiger partial charge < -0.3 is 28.4 Å². The first-order valence-electron chi connectivity index (χ1n) is 14.6. The van der Waals surface area contributed by atoms with Crippen LogP contribution in [0.1, 0.15) is 42.1 Å². The largest absolute Gasteiger partial charge is 0.466 e. The van der Waals surface area contributed by atoms with E-state index < -0.39 is 28.2 Å². The molecular formula is C30H47ClO8Si2. The molecule has 8 nitrogen and oxygen atoms in total. The van der Waals surface area contributed by atoms with Crippen LogP contribution in [0.25, 0.3) is 0 Å². The van der Waals surface area contributed by atoms with E-state index in [1.165, 1.54) is 6.08 Å². The van der Waals surface area contributed by atoms with Crippen molar-refractivity contribution in [2.75, 3.05) is 26.8 Å². The van der Waals surface area contributed by atoms with Gasteiger partial charge in [0.25, 0.3) is 0 Å². The van der Waals surface area contributed by atoms with Crippen molar-refractivity contribution in [1.82, 2.24) is 0 Å². The van der Waals surface area contributed by atoms with E-state index in [1.54, 1.807) is 6.07 Å². The SMILES string of the molecule is C[C@@H]1C[C@@H]2O[C@@H]2CC/C=C/C(=O)Cc2c(Cl)c(OCOCC[Si](C)(C)C)cc(OCOCC[Si](C)(C)C)c2C(=O)O1. The molecule has 0 saturated carbocycles. The van der Waals surface area contributed by atoms with Crippen molar-refractivity contribution >= 4 is 39.5 Å². The van der Waals surface area contributed by atoms with Gasteiger partial charge in [-0.15, -0.1) is 0 Å². The number of ketones is 1. The molecule has 0 aromatic heterocycles. The summed E-state index contributed by atoms with van der Waals surface area (Å²) in [6.07, 6.45) is 5.17. The highest BCUT2D eigenvalue weighted by Gasteiger charge is 2.40. The number of esters is 1. The average Bonchev–Trinajstić information content (AvgIpc) is 3.58. The number of benzene rings is 1. The van der Waals surface area contributed by atoms with Gasteiger partial charge in [0.1, 0.15) is 23.2 Å². The Kier molecular flexibility index (Phi) is 12.5. The second-order valence-electron chi connectivity index (χ2n) is 13.3. The zero-order chi connectivity index (χ0) is 30.2. The number of epoxide rings is 1. The van der Waals surface area contributed by atoms with Gasteiger partial charge in [-0.25, -0.2) is 4.79 Å². The molecule has 0 unspecified atom stereocenters. The molecule has 1 aromatic rings. The van der Waals surface area contributed by atoms with E-state index in [0.717, 1.165) is 24.9 Å². The predicted molar refractivity (Wildman–Crippen MR) is 166 cm³/mol. The Labute approximate surface area is 252 Å². The van der Waals surface area contributed by atoms with Gasteiger partial charge in [0.2, 0.25) is 0 Å². The number of fused-ring (bicyclic) bond motifs is 2. The second kappa shape index (κ2) is 15.2. The van der Waals surface area contributed by atoms with E-state index in [2.05, 4.69) is 39.3 Å². The quantitative estimate of drug-likeness (QED) is 0.0814. The molecule has 0 bridgehead atoms. The third-order valence-electron chi connectivity index (χ3n) is 6.92. The van der Waals surface area contributed by atoms with Crippen LogP contribution < -0.4 is 9.47 Å². The maximum atomic E-state index is 13.6. The fourth-order valence-electron chi connectivity index (χ4n) is 4.32. The molecule has 0 spiro atoms. The Bertz CT molecular complexity index is 1080. The van der Waals surface area contributed by atoms with Crippen molar-refractivity contribution in [2.45, 2.75) is 102 Å². The Hall–Kier alpha value is -1.70. The Morgan fingerprint density at radius 2 is 1.54 bits per heavy atom. The van der Waals surface area contributed by atoms with Crippen LogP contribution in [-0.2, 0) is 30.2 Å². The van der Waals surface area contributed by atoms with Gasteiger partial charge in [0.15, 0.2) is 19.4 Å². The first-order chi connectivity index (χ1) is 19.2. The number of carbonyl (C=O) groups is 2. The molecule has 2 aliphatic rings. The van der Waals surface area contributed by atoms with Gasteiger partial charge in [-0.1, -0.05) is 57.0 Å². The first kappa shape index (κ1) is 33.8. The molecule has 1 saturated heterocycles. The molecule has 1 aromatic carbocycles. The van der Waals surface area contributed by atoms with E-state index in [4.69, 9.17) is 40.0 Å². The van der Waals surface area contributed by atoms with Crippen molar-refractivity contribution in [3.8, 4) is 11.5 Å². The molecule has 2 heterocycles. The summed E-state index contributed by atoms with van der Waals surface area (Å²) >= 11 is 6.81. The standard InChI is InChI=1S/C30H47ClO8Si2/c1-21-16-25-24(39-25)11-9-8-10-22(32)17-23-28(30(33)38-21)26(36-19-34-12-14-40(2,3)4)18-27(29(23)31)37-20-35-13-15-41(5,6)7/h8,10,18,21,24-25H,9,11-17,19-20H2,1-7H3/b10-8+/t21-,24-,25+/m1/s1. The van der Waals surface area contributed by atoms with Gasteiger partial charge >= 0.3 is 5.97 Å². The number of hydrogen-bond acceptors (Lipinski definition) is 8. The highest BCUT2D eigenvalue weighted by Crippen LogP contribution is 2.39. The summed E-state index contributed by atoms with van der Waals surface area (Å²) in [4.78, 5) is 26.6. The third kappa shape index (κ3) is 11.8. The number of halogens is 1. The van der Waals surface area contributed by atoms with E-state index in [-0.39, 0.29) is 60.1 Å². The molecule has 3 rings (SSSR count). The van der Waals surface area contributed by atoms with Gasteiger partial charge in [0, 0.05) is 53.8 Å². The summed E-state index contributed by atoms with van der Waals surface area (Å²) in [5.41, 5.74) is 0.405. The van der Waals surface area contributed by atoms with Crippen LogP contribution >= 0.6 is 11.6 Å². The lowest BCUT2D eigenvalue weighted by molar-refractivity contribution is -0.114. The van der Waals surface area contributed by atoms with Crippen molar-refractivity contribution < 1.29 is 38.0 Å². The summed E-state index contributed by atoms with van der Waals surface area (Å²) in [5.74, 6) is -0.352. The van der Waals surface area contributed by atoms with Crippen LogP contribution in [0.5, 0.6) is 11.5 Å². The normalized spacial score (nSPS) is 22.7. The minimum Gasteiger partial charge on any atom is -0.466 e. The molecular weight excluding hydrogens is 580 g/mol. The summed E-state index contributed by atoms with van der Waals surface area (Å²) in [6.45, 7) is 16.5. The summed E-state index contributed by atoms with van der Waals surface area (Å²) < 4.78 is 34.9. The number of allylic oxidation sites excluding steroid dienone is 2. The van der Waals surface area contributed by atoms with Gasteiger partial charge in [0.05, 0.1) is 17.2 Å². The van der Waals surface area contributed by atoms with E-state index >= 15 is 0 Å². The number of cyclic esters (lactones) is 1. The number of ether oxygens (including phenoxy) is 6. The van der Waals surface area contributed by atoms with E-state index in [9.17, 15) is 9.59 Å². The zero-order valence-electron chi connectivity index (χ0n) is 25.7. The molecule has 2 aliphatic heterocycles. The topological polar surface area (TPSA) is 92.8 Å². The molecule has 11 heteroatoms. The van der Waals surface area contributed by atoms with Crippen LogP contribution in [0.15, 0.2) is 18.2 Å². The highest BCUT2D eigenvalue weighted by molar-refractivity contribution is 6.76. The van der Waals surface area contributed by atoms with Crippen LogP contribution in [0.4, 0.5) is 0 Å². The fraction of sp³-hybridized carbons (Fsp3) is 0.667. The first-order valence-corrected chi connectivity index (χ1v) is 22.3. The molecule has 0 aliphatic carbocycles. The molecule has 0 amide bonds. The van der Waals surface area contributed by atoms with Gasteiger partial charge in [-0.3, -0.25) is 4.79 Å². The van der Waals surface area contributed by atoms with Crippen molar-refractivity contribution in [3.63, 3.8) is 0 Å². The lowest BCUT2D eigenvalue weighted by Crippen LogP contribution is -2.23. The Balaban J connectivity index is 1.89. The van der Waals surface area contributed by atoms with Gasteiger partial charge in [-0.2, -0.15) is 0 Å². The second-order valence-corrected chi connectivity index (χ2v) is 24.9. The summed E-state index contributed by atoms with van der Waals surface area (Å²) in [6, 6.07) is 3.53. The van der Waals surface area contributed by atoms with E-state index in [1.807, 2.05) is 13.0 Å². The Morgan fingerprint density at radius 1 is 0.927 bits per heavy atom. The molecule has 41 heavy (non-hydrogen) atoms. The smallest absolute Gasteiger partial charge is 0.342 e. The predicted octanol–water partition coefficient (Wildman–Crippen LogP) is 6.89. The average molecular weight is 627 g/mol. The molecule has 0 radical (unpaired) electrons. The molecule has 1 fully saturated rings. The molecule has 3 atom stereocenters. The van der Waals surface area contributed by atoms with Crippen LogP contribution in [-0.4, -0.2) is 73.0 Å². The minimum atomic E-state index is -1.29. The van der Waals surface area contributed by atoms with Crippen molar-refractivity contribution in [1.29, 1.82) is 0 Å².